The van der Waals surface area contributed by atoms with E-state index >= 15 is 0 Å². The van der Waals surface area contributed by atoms with Crippen molar-refractivity contribution in [1.29, 1.82) is 0 Å². The van der Waals surface area contributed by atoms with E-state index in [1.165, 1.54) is 46.9 Å². The van der Waals surface area contributed by atoms with Crippen molar-refractivity contribution in [3.05, 3.63) is 48.2 Å². The number of thioether (sulfide) groups is 1. The number of ether oxygens (including phenoxy) is 1. The Morgan fingerprint density at radius 2 is 1.86 bits per heavy atom. The number of nitrogens with one attached hydrogen (secondary N) is 1. The number of carboxylic acid groups (broad SMARTS) is 1. The molecule has 0 aliphatic carbocycles. The molecule has 1 fully saturated rings. The third-order valence-electron chi connectivity index (χ3n) is 4.09. The summed E-state index contributed by atoms with van der Waals surface area (Å²) in [6.07, 6.45) is 1.46. The number of carbonyl (C=O) groups is 2. The van der Waals surface area contributed by atoms with Crippen LogP contribution < -0.4 is 5.32 Å². The molecule has 2 heterocycles. The van der Waals surface area contributed by atoms with E-state index in [0.29, 0.717) is 32.0 Å². The van der Waals surface area contributed by atoms with E-state index in [1.54, 1.807) is 0 Å². The molecule has 0 atom stereocenters. The molecule has 9 nitrogen and oxygen atoms in total. The van der Waals surface area contributed by atoms with Crippen LogP contribution in [-0.2, 0) is 19.6 Å². The maximum Gasteiger partial charge on any atom is 0.338 e. The Bertz CT molecular complexity index is 989. The normalized spacial score (nSPS) is 15.0. The molecule has 1 aromatic heterocycles. The summed E-state index contributed by atoms with van der Waals surface area (Å²) in [5, 5.41) is 12.0. The number of hydrogen-bond acceptors (Lipinski definition) is 7. The molecule has 2 N–H and O–H groups in total. The molecule has 154 valence electrons. The fourth-order valence-electron chi connectivity index (χ4n) is 2.65. The smallest absolute Gasteiger partial charge is 0.338 e. The van der Waals surface area contributed by atoms with Crippen molar-refractivity contribution < 1.29 is 27.9 Å². The summed E-state index contributed by atoms with van der Waals surface area (Å²) in [7, 11) is -3.59. The minimum absolute atomic E-state index is 0.0305. The van der Waals surface area contributed by atoms with Crippen molar-refractivity contribution >= 4 is 39.3 Å². The van der Waals surface area contributed by atoms with Gasteiger partial charge in [0.1, 0.15) is 5.03 Å². The van der Waals surface area contributed by atoms with Crippen molar-refractivity contribution in [3.63, 3.8) is 0 Å². The van der Waals surface area contributed by atoms with Gasteiger partial charge in [-0.3, -0.25) is 4.79 Å². The number of sulfonamides is 1. The molecule has 29 heavy (non-hydrogen) atoms. The van der Waals surface area contributed by atoms with Crippen LogP contribution in [0, 0.1) is 0 Å². The van der Waals surface area contributed by atoms with Gasteiger partial charge in [0.05, 0.1) is 29.4 Å². The molecule has 0 saturated carbocycles. The standard InChI is InChI=1S/C18H19N3O6S2/c22-16(12-28-17-15(18(23)24)2-1-7-19-17)20-13-3-5-14(6-4-13)29(25,26)21-8-10-27-11-9-21/h1-7H,8-12H2,(H,20,22)(H,23,24). The molecule has 0 bridgehead atoms. The summed E-state index contributed by atoms with van der Waals surface area (Å²) in [6.45, 7) is 1.35. The van der Waals surface area contributed by atoms with Crippen LogP contribution in [0.3, 0.4) is 0 Å². The summed E-state index contributed by atoms with van der Waals surface area (Å²) in [4.78, 5) is 27.4. The van der Waals surface area contributed by atoms with Crippen LogP contribution in [0.5, 0.6) is 0 Å². The lowest BCUT2D eigenvalue weighted by Crippen LogP contribution is -2.40. The maximum absolute atomic E-state index is 12.6. The number of carbonyl (C=O) groups excluding carboxylic acids is 1. The van der Waals surface area contributed by atoms with Crippen LogP contribution in [0.15, 0.2) is 52.5 Å². The molecule has 0 unspecified atom stereocenters. The number of aromatic nitrogens is 1. The van der Waals surface area contributed by atoms with E-state index in [2.05, 4.69) is 10.3 Å². The largest absolute Gasteiger partial charge is 0.478 e. The lowest BCUT2D eigenvalue weighted by atomic mass is 10.3. The number of aromatic carboxylic acids is 1. The number of nitrogens with zero attached hydrogens (tertiary/aromatic N) is 2. The first-order valence-corrected chi connectivity index (χ1v) is 11.1. The summed E-state index contributed by atoms with van der Waals surface area (Å²) in [6, 6.07) is 8.84. The molecular weight excluding hydrogens is 418 g/mol. The number of carboxylic acids is 1. The maximum atomic E-state index is 12.6. The van der Waals surface area contributed by atoms with Gasteiger partial charge in [-0.05, 0) is 36.4 Å². The fourth-order valence-corrected chi connectivity index (χ4v) is 4.84. The Morgan fingerprint density at radius 3 is 2.52 bits per heavy atom. The average Bonchev–Trinajstić information content (AvgIpc) is 2.73. The minimum atomic E-state index is -3.59. The molecule has 1 aliphatic rings. The topological polar surface area (TPSA) is 126 Å². The van der Waals surface area contributed by atoms with Crippen molar-refractivity contribution in [1.82, 2.24) is 9.29 Å². The first kappa shape index (κ1) is 21.2. The van der Waals surface area contributed by atoms with Gasteiger partial charge in [0.15, 0.2) is 0 Å². The quantitative estimate of drug-likeness (QED) is 0.625. The Balaban J connectivity index is 1.60. The Hall–Kier alpha value is -2.47. The van der Waals surface area contributed by atoms with Gasteiger partial charge in [-0.1, -0.05) is 11.8 Å². The molecule has 1 saturated heterocycles. The Morgan fingerprint density at radius 1 is 1.17 bits per heavy atom. The van der Waals surface area contributed by atoms with Gasteiger partial charge in [0.2, 0.25) is 15.9 Å². The first-order valence-electron chi connectivity index (χ1n) is 8.67. The van der Waals surface area contributed by atoms with Gasteiger partial charge in [-0.2, -0.15) is 4.31 Å². The Kier molecular flexibility index (Phi) is 6.85. The van der Waals surface area contributed by atoms with Gasteiger partial charge in [-0.15, -0.1) is 0 Å². The molecule has 3 rings (SSSR count). The van der Waals surface area contributed by atoms with Gasteiger partial charge in [0.25, 0.3) is 0 Å². The monoisotopic (exact) mass is 437 g/mol. The highest BCUT2D eigenvalue weighted by molar-refractivity contribution is 8.00. The second-order valence-corrected chi connectivity index (χ2v) is 8.94. The Labute approximate surface area is 172 Å². The number of morpholine rings is 1. The van der Waals surface area contributed by atoms with E-state index in [4.69, 9.17) is 9.84 Å². The number of benzene rings is 1. The molecule has 11 heteroatoms. The van der Waals surface area contributed by atoms with Crippen LogP contribution in [0.1, 0.15) is 10.4 Å². The molecular formula is C18H19N3O6S2. The van der Waals surface area contributed by atoms with Crippen LogP contribution in [0.25, 0.3) is 0 Å². The summed E-state index contributed by atoms with van der Waals surface area (Å²) < 4.78 is 31.7. The highest BCUT2D eigenvalue weighted by Crippen LogP contribution is 2.22. The van der Waals surface area contributed by atoms with Crippen LogP contribution in [0.2, 0.25) is 0 Å². The van der Waals surface area contributed by atoms with E-state index < -0.39 is 16.0 Å². The molecule has 0 radical (unpaired) electrons. The SMILES string of the molecule is O=C(CSc1ncccc1C(=O)O)Nc1ccc(S(=O)(=O)N2CCOCC2)cc1. The van der Waals surface area contributed by atoms with Crippen molar-refractivity contribution in [2.45, 2.75) is 9.92 Å². The van der Waals surface area contributed by atoms with Crippen LogP contribution in [-0.4, -0.2) is 66.7 Å². The van der Waals surface area contributed by atoms with Crippen molar-refractivity contribution in [2.24, 2.45) is 0 Å². The van der Waals surface area contributed by atoms with Gasteiger partial charge in [0, 0.05) is 25.0 Å². The van der Waals surface area contributed by atoms with E-state index in [-0.39, 0.29) is 27.1 Å². The van der Waals surface area contributed by atoms with Crippen molar-refractivity contribution in [3.8, 4) is 0 Å². The van der Waals surface area contributed by atoms with Crippen LogP contribution in [0.4, 0.5) is 5.69 Å². The summed E-state index contributed by atoms with van der Waals surface area (Å²) in [5.41, 5.74) is 0.471. The summed E-state index contributed by atoms with van der Waals surface area (Å²) in [5.74, 6) is -1.51. The third-order valence-corrected chi connectivity index (χ3v) is 7.01. The number of anilines is 1. The highest BCUT2D eigenvalue weighted by atomic mass is 32.2. The second kappa shape index (κ2) is 9.35. The molecule has 1 aromatic carbocycles. The molecule has 1 amide bonds. The van der Waals surface area contributed by atoms with E-state index in [1.807, 2.05) is 0 Å². The number of amides is 1. The number of hydrogen-bond donors (Lipinski definition) is 2. The van der Waals surface area contributed by atoms with E-state index in [0.717, 1.165) is 11.8 Å². The van der Waals surface area contributed by atoms with Crippen molar-refractivity contribution in [2.75, 3.05) is 37.4 Å². The fraction of sp³-hybridized carbons (Fsp3) is 0.278. The van der Waals surface area contributed by atoms with Gasteiger partial charge in [-0.25, -0.2) is 18.2 Å². The zero-order valence-corrected chi connectivity index (χ0v) is 16.9. The zero-order valence-electron chi connectivity index (χ0n) is 15.3. The van der Waals surface area contributed by atoms with E-state index in [9.17, 15) is 18.0 Å². The lowest BCUT2D eigenvalue weighted by Gasteiger charge is -2.26. The zero-order chi connectivity index (χ0) is 20.9. The second-order valence-electron chi connectivity index (χ2n) is 6.04. The predicted octanol–water partition coefficient (Wildman–Crippen LogP) is 1.53. The predicted molar refractivity (Wildman–Crippen MR) is 107 cm³/mol. The highest BCUT2D eigenvalue weighted by Gasteiger charge is 2.26. The molecule has 1 aliphatic heterocycles. The number of rotatable bonds is 7. The lowest BCUT2D eigenvalue weighted by molar-refractivity contribution is -0.113. The van der Waals surface area contributed by atoms with Gasteiger partial charge < -0.3 is 15.2 Å². The molecule has 0 spiro atoms. The number of pyridine rings is 1. The molecule has 2 aromatic rings. The summed E-state index contributed by atoms with van der Waals surface area (Å²) >= 11 is 1.01. The minimum Gasteiger partial charge on any atom is -0.478 e. The third kappa shape index (κ3) is 5.32. The van der Waals surface area contributed by atoms with Gasteiger partial charge >= 0.3 is 5.97 Å². The van der Waals surface area contributed by atoms with Crippen LogP contribution >= 0.6 is 11.8 Å². The first-order chi connectivity index (χ1) is 13.9. The average molecular weight is 437 g/mol.